The van der Waals surface area contributed by atoms with Crippen molar-refractivity contribution in [3.05, 3.63) is 37.8 Å². The third-order valence-electron chi connectivity index (χ3n) is 2.01. The molecule has 0 aromatic heterocycles. The number of nitro benzene ring substituents is 1. The maximum atomic E-state index is 11.1. The van der Waals surface area contributed by atoms with E-state index in [1.165, 1.54) is 19.2 Å². The first kappa shape index (κ1) is 13.1. The smallest absolute Gasteiger partial charge is 0.309 e. The predicted molar refractivity (Wildman–Crippen MR) is 61.2 cm³/mol. The Bertz CT molecular complexity index is 522. The Morgan fingerprint density at radius 2 is 2.29 bits per heavy atom. The van der Waals surface area contributed by atoms with E-state index in [-0.39, 0.29) is 22.1 Å². The molecule has 88 valence electrons. The summed E-state index contributed by atoms with van der Waals surface area (Å²) in [7, 11) is 1.23. The average molecular weight is 299 g/mol. The van der Waals surface area contributed by atoms with Gasteiger partial charge in [0.15, 0.2) is 0 Å². The van der Waals surface area contributed by atoms with Crippen LogP contribution in [-0.4, -0.2) is 18.0 Å². The maximum absolute atomic E-state index is 11.1. The molecule has 0 saturated carbocycles. The van der Waals surface area contributed by atoms with Gasteiger partial charge in [-0.05, 0) is 27.6 Å². The predicted octanol–water partition coefficient (Wildman–Crippen LogP) is 1.94. The number of benzene rings is 1. The van der Waals surface area contributed by atoms with E-state index < -0.39 is 10.9 Å². The van der Waals surface area contributed by atoms with Crippen molar-refractivity contribution in [3.63, 3.8) is 0 Å². The lowest BCUT2D eigenvalue weighted by molar-refractivity contribution is -0.385. The molecule has 7 heteroatoms. The van der Waals surface area contributed by atoms with Crippen molar-refractivity contribution in [2.75, 3.05) is 7.11 Å². The molecule has 1 aromatic rings. The molecule has 0 bridgehead atoms. The maximum Gasteiger partial charge on any atom is 0.309 e. The molecule has 0 heterocycles. The van der Waals surface area contributed by atoms with Crippen LogP contribution < -0.4 is 0 Å². The highest BCUT2D eigenvalue weighted by molar-refractivity contribution is 9.10. The number of methoxy groups -OCH3 is 1. The minimum Gasteiger partial charge on any atom is -0.469 e. The summed E-state index contributed by atoms with van der Waals surface area (Å²) >= 11 is 3.06. The Balaban J connectivity index is 3.25. The van der Waals surface area contributed by atoms with Crippen LogP contribution in [0, 0.1) is 21.4 Å². The number of nitriles is 1. The van der Waals surface area contributed by atoms with E-state index in [1.807, 2.05) is 0 Å². The standard InChI is InChI=1S/C10H7BrN2O4/c1-17-10(14)4-6-2-8(11)7(5-12)9(3-6)13(15)16/h2-3H,4H2,1H3. The summed E-state index contributed by atoms with van der Waals surface area (Å²) in [4.78, 5) is 21.2. The van der Waals surface area contributed by atoms with Gasteiger partial charge in [-0.1, -0.05) is 0 Å². The van der Waals surface area contributed by atoms with E-state index in [1.54, 1.807) is 6.07 Å². The lowest BCUT2D eigenvalue weighted by Crippen LogP contribution is -2.05. The van der Waals surface area contributed by atoms with Gasteiger partial charge in [0.05, 0.1) is 18.5 Å². The monoisotopic (exact) mass is 298 g/mol. The second-order valence-electron chi connectivity index (χ2n) is 3.09. The Labute approximate surface area is 105 Å². The SMILES string of the molecule is COC(=O)Cc1cc(Br)c(C#N)c([N+](=O)[O-])c1. The Kier molecular flexibility index (Phi) is 4.17. The van der Waals surface area contributed by atoms with Crippen molar-refractivity contribution in [1.29, 1.82) is 5.26 Å². The van der Waals surface area contributed by atoms with Crippen molar-refractivity contribution in [1.82, 2.24) is 0 Å². The number of esters is 1. The zero-order valence-electron chi connectivity index (χ0n) is 8.77. The van der Waals surface area contributed by atoms with Gasteiger partial charge in [-0.15, -0.1) is 0 Å². The molecular weight excluding hydrogens is 292 g/mol. The highest BCUT2D eigenvalue weighted by Gasteiger charge is 2.19. The van der Waals surface area contributed by atoms with E-state index >= 15 is 0 Å². The number of carbonyl (C=O) groups excluding carboxylic acids is 1. The fourth-order valence-corrected chi connectivity index (χ4v) is 1.83. The summed E-state index contributed by atoms with van der Waals surface area (Å²) in [6, 6.07) is 4.42. The molecule has 1 aromatic carbocycles. The summed E-state index contributed by atoms with van der Waals surface area (Å²) in [5, 5.41) is 19.5. The van der Waals surface area contributed by atoms with Crippen LogP contribution in [0.15, 0.2) is 16.6 Å². The molecule has 0 atom stereocenters. The number of halogens is 1. The number of ether oxygens (including phenoxy) is 1. The third kappa shape index (κ3) is 3.01. The molecule has 17 heavy (non-hydrogen) atoms. The van der Waals surface area contributed by atoms with Crippen LogP contribution in [0.1, 0.15) is 11.1 Å². The van der Waals surface area contributed by atoms with Crippen molar-refractivity contribution in [2.45, 2.75) is 6.42 Å². The Morgan fingerprint density at radius 3 is 2.76 bits per heavy atom. The Morgan fingerprint density at radius 1 is 1.65 bits per heavy atom. The van der Waals surface area contributed by atoms with Crippen LogP contribution in [0.25, 0.3) is 0 Å². The van der Waals surface area contributed by atoms with Gasteiger partial charge in [0, 0.05) is 10.5 Å². The molecule has 6 nitrogen and oxygen atoms in total. The minimum absolute atomic E-state index is 0.0661. The first-order valence-corrected chi connectivity index (χ1v) is 5.22. The quantitative estimate of drug-likeness (QED) is 0.483. The molecule has 0 unspecified atom stereocenters. The van der Waals surface area contributed by atoms with Gasteiger partial charge < -0.3 is 4.74 Å². The van der Waals surface area contributed by atoms with Crippen LogP contribution >= 0.6 is 15.9 Å². The molecule has 0 aliphatic heterocycles. The van der Waals surface area contributed by atoms with Crippen molar-refractivity contribution >= 4 is 27.6 Å². The third-order valence-corrected chi connectivity index (χ3v) is 2.64. The summed E-state index contributed by atoms with van der Waals surface area (Å²) in [6.45, 7) is 0. The topological polar surface area (TPSA) is 93.2 Å². The van der Waals surface area contributed by atoms with Crippen LogP contribution in [0.5, 0.6) is 0 Å². The number of rotatable bonds is 3. The molecule has 0 N–H and O–H groups in total. The second kappa shape index (κ2) is 5.41. The summed E-state index contributed by atoms with van der Waals surface area (Å²) in [6.07, 6.45) is -0.0817. The van der Waals surface area contributed by atoms with Crippen LogP contribution in [-0.2, 0) is 16.0 Å². The zero-order chi connectivity index (χ0) is 13.0. The van der Waals surface area contributed by atoms with Gasteiger partial charge >= 0.3 is 5.97 Å². The van der Waals surface area contributed by atoms with E-state index in [4.69, 9.17) is 5.26 Å². The molecule has 0 amide bonds. The van der Waals surface area contributed by atoms with Crippen molar-refractivity contribution in [3.8, 4) is 6.07 Å². The van der Waals surface area contributed by atoms with E-state index in [0.29, 0.717) is 5.56 Å². The van der Waals surface area contributed by atoms with Gasteiger partial charge in [0.2, 0.25) is 0 Å². The van der Waals surface area contributed by atoms with Gasteiger partial charge in [-0.2, -0.15) is 5.26 Å². The lowest BCUT2D eigenvalue weighted by atomic mass is 10.1. The molecule has 0 fully saturated rings. The lowest BCUT2D eigenvalue weighted by Gasteiger charge is -2.03. The first-order valence-electron chi connectivity index (χ1n) is 4.43. The van der Waals surface area contributed by atoms with Gasteiger partial charge in [-0.3, -0.25) is 14.9 Å². The number of carbonyl (C=O) groups is 1. The first-order chi connectivity index (χ1) is 7.99. The number of nitro groups is 1. The fourth-order valence-electron chi connectivity index (χ4n) is 1.24. The molecule has 0 radical (unpaired) electrons. The number of nitrogens with zero attached hydrogens (tertiary/aromatic N) is 2. The van der Waals surface area contributed by atoms with E-state index in [0.717, 1.165) is 0 Å². The molecule has 0 aliphatic carbocycles. The summed E-state index contributed by atoms with van der Waals surface area (Å²) in [5.41, 5.74) is 0.0128. The summed E-state index contributed by atoms with van der Waals surface area (Å²) in [5.74, 6) is -0.504. The van der Waals surface area contributed by atoms with Crippen LogP contribution in [0.3, 0.4) is 0 Å². The fraction of sp³-hybridized carbons (Fsp3) is 0.200. The molecule has 1 rings (SSSR count). The van der Waals surface area contributed by atoms with Crippen molar-refractivity contribution in [2.24, 2.45) is 0 Å². The molecule has 0 saturated heterocycles. The average Bonchev–Trinajstić information content (AvgIpc) is 2.28. The van der Waals surface area contributed by atoms with Gasteiger partial charge in [0.1, 0.15) is 11.6 Å². The number of hydrogen-bond donors (Lipinski definition) is 0. The van der Waals surface area contributed by atoms with E-state index in [2.05, 4.69) is 20.7 Å². The second-order valence-corrected chi connectivity index (χ2v) is 3.95. The number of hydrogen-bond acceptors (Lipinski definition) is 5. The van der Waals surface area contributed by atoms with Crippen LogP contribution in [0.4, 0.5) is 5.69 Å². The minimum atomic E-state index is -0.663. The van der Waals surface area contributed by atoms with Crippen molar-refractivity contribution < 1.29 is 14.5 Å². The van der Waals surface area contributed by atoms with Crippen LogP contribution in [0.2, 0.25) is 0 Å². The molecule has 0 spiro atoms. The normalized spacial score (nSPS) is 9.47. The highest BCUT2D eigenvalue weighted by atomic mass is 79.9. The molecular formula is C10H7BrN2O4. The zero-order valence-corrected chi connectivity index (χ0v) is 10.4. The summed E-state index contributed by atoms with van der Waals surface area (Å²) < 4.78 is 4.75. The van der Waals surface area contributed by atoms with E-state index in [9.17, 15) is 14.9 Å². The van der Waals surface area contributed by atoms with Gasteiger partial charge in [0.25, 0.3) is 5.69 Å². The Hall–Kier alpha value is -1.94. The van der Waals surface area contributed by atoms with Gasteiger partial charge in [-0.25, -0.2) is 0 Å². The highest BCUT2D eigenvalue weighted by Crippen LogP contribution is 2.28. The molecule has 0 aliphatic rings. The largest absolute Gasteiger partial charge is 0.469 e.